The molecule has 0 aliphatic heterocycles. The standard InChI is InChI=1S/C19H23N3O4/c1-25-9-8-22-19(24)16-11-15(12-20-13-16)18(23)21-7-6-14-4-3-5-17(10-14)26-2/h3-5,10-13H,6-9H2,1-2H3,(H,21,23)(H,22,24). The number of pyridine rings is 1. The highest BCUT2D eigenvalue weighted by atomic mass is 16.5. The summed E-state index contributed by atoms with van der Waals surface area (Å²) < 4.78 is 10.1. The molecule has 26 heavy (non-hydrogen) atoms. The van der Waals surface area contributed by atoms with E-state index in [0.29, 0.717) is 37.2 Å². The lowest BCUT2D eigenvalue weighted by molar-refractivity contribution is 0.0936. The number of amides is 2. The van der Waals surface area contributed by atoms with E-state index >= 15 is 0 Å². The molecule has 1 aromatic carbocycles. The fraction of sp³-hybridized carbons (Fsp3) is 0.316. The molecule has 7 nitrogen and oxygen atoms in total. The van der Waals surface area contributed by atoms with Crippen LogP contribution in [0.1, 0.15) is 26.3 Å². The summed E-state index contributed by atoms with van der Waals surface area (Å²) in [4.78, 5) is 28.2. The second-order valence-corrected chi connectivity index (χ2v) is 5.57. The van der Waals surface area contributed by atoms with E-state index in [4.69, 9.17) is 9.47 Å². The minimum Gasteiger partial charge on any atom is -0.497 e. The molecule has 2 N–H and O–H groups in total. The second kappa shape index (κ2) is 10.1. The molecule has 7 heteroatoms. The van der Waals surface area contributed by atoms with Gasteiger partial charge in [-0.05, 0) is 30.2 Å². The zero-order valence-electron chi connectivity index (χ0n) is 15.0. The number of aromatic nitrogens is 1. The highest BCUT2D eigenvalue weighted by molar-refractivity contribution is 5.99. The van der Waals surface area contributed by atoms with Gasteiger partial charge in [0.1, 0.15) is 5.75 Å². The van der Waals surface area contributed by atoms with E-state index in [0.717, 1.165) is 11.3 Å². The monoisotopic (exact) mass is 357 g/mol. The predicted molar refractivity (Wildman–Crippen MR) is 97.5 cm³/mol. The Balaban J connectivity index is 1.88. The topological polar surface area (TPSA) is 89.5 Å². The fourth-order valence-corrected chi connectivity index (χ4v) is 2.31. The molecule has 0 aliphatic carbocycles. The second-order valence-electron chi connectivity index (χ2n) is 5.57. The van der Waals surface area contributed by atoms with Crippen LogP contribution in [-0.4, -0.2) is 50.7 Å². The number of ether oxygens (including phenoxy) is 2. The minimum absolute atomic E-state index is 0.271. The molecule has 138 valence electrons. The number of benzene rings is 1. The lowest BCUT2D eigenvalue weighted by Crippen LogP contribution is -2.28. The van der Waals surface area contributed by atoms with Crippen LogP contribution in [0.4, 0.5) is 0 Å². The molecule has 0 aliphatic rings. The Morgan fingerprint density at radius 3 is 2.35 bits per heavy atom. The van der Waals surface area contributed by atoms with E-state index < -0.39 is 0 Å². The van der Waals surface area contributed by atoms with Gasteiger partial charge in [-0.25, -0.2) is 0 Å². The lowest BCUT2D eigenvalue weighted by atomic mass is 10.1. The van der Waals surface area contributed by atoms with Crippen LogP contribution >= 0.6 is 0 Å². The first kappa shape index (κ1) is 19.4. The summed E-state index contributed by atoms with van der Waals surface area (Å²) in [6.45, 7) is 1.28. The molecular weight excluding hydrogens is 334 g/mol. The van der Waals surface area contributed by atoms with E-state index in [-0.39, 0.29) is 11.8 Å². The van der Waals surface area contributed by atoms with Crippen LogP contribution in [0.25, 0.3) is 0 Å². The number of methoxy groups -OCH3 is 2. The number of hydrogen-bond acceptors (Lipinski definition) is 5. The molecule has 0 spiro atoms. The number of nitrogens with one attached hydrogen (secondary N) is 2. The summed E-state index contributed by atoms with van der Waals surface area (Å²) in [6, 6.07) is 9.21. The molecule has 0 saturated heterocycles. The first-order valence-electron chi connectivity index (χ1n) is 8.27. The van der Waals surface area contributed by atoms with E-state index in [9.17, 15) is 9.59 Å². The maximum absolute atomic E-state index is 12.3. The van der Waals surface area contributed by atoms with E-state index in [1.165, 1.54) is 18.5 Å². The molecule has 1 aromatic heterocycles. The maximum atomic E-state index is 12.3. The van der Waals surface area contributed by atoms with Crippen molar-refractivity contribution in [2.24, 2.45) is 0 Å². The van der Waals surface area contributed by atoms with Crippen molar-refractivity contribution in [2.45, 2.75) is 6.42 Å². The first-order chi connectivity index (χ1) is 12.6. The molecule has 0 saturated carbocycles. The molecule has 0 radical (unpaired) electrons. The van der Waals surface area contributed by atoms with Crippen LogP contribution in [0, 0.1) is 0 Å². The Morgan fingerprint density at radius 2 is 1.69 bits per heavy atom. The first-order valence-corrected chi connectivity index (χ1v) is 8.27. The fourth-order valence-electron chi connectivity index (χ4n) is 2.31. The van der Waals surface area contributed by atoms with Gasteiger partial charge in [-0.1, -0.05) is 12.1 Å². The molecule has 0 atom stereocenters. The number of hydrogen-bond donors (Lipinski definition) is 2. The van der Waals surface area contributed by atoms with Crippen LogP contribution in [0.5, 0.6) is 5.75 Å². The van der Waals surface area contributed by atoms with Crippen molar-refractivity contribution in [1.29, 1.82) is 0 Å². The van der Waals surface area contributed by atoms with Gasteiger partial charge in [0.25, 0.3) is 11.8 Å². The van der Waals surface area contributed by atoms with Crippen molar-refractivity contribution >= 4 is 11.8 Å². The van der Waals surface area contributed by atoms with Gasteiger partial charge in [0, 0.05) is 32.6 Å². The van der Waals surface area contributed by atoms with Crippen molar-refractivity contribution in [3.8, 4) is 5.75 Å². The average Bonchev–Trinajstić information content (AvgIpc) is 2.68. The normalized spacial score (nSPS) is 10.2. The van der Waals surface area contributed by atoms with Gasteiger partial charge in [0.2, 0.25) is 0 Å². The van der Waals surface area contributed by atoms with Gasteiger partial charge < -0.3 is 20.1 Å². The number of nitrogens with zero attached hydrogens (tertiary/aromatic N) is 1. The molecule has 2 aromatic rings. The van der Waals surface area contributed by atoms with Crippen molar-refractivity contribution in [3.63, 3.8) is 0 Å². The maximum Gasteiger partial charge on any atom is 0.252 e. The number of carbonyl (C=O) groups excluding carboxylic acids is 2. The Morgan fingerprint density at radius 1 is 1.00 bits per heavy atom. The lowest BCUT2D eigenvalue weighted by Gasteiger charge is -2.08. The quantitative estimate of drug-likeness (QED) is 0.663. The predicted octanol–water partition coefficient (Wildman–Crippen LogP) is 1.44. The Kier molecular flexibility index (Phi) is 7.57. The zero-order valence-corrected chi connectivity index (χ0v) is 15.0. The van der Waals surface area contributed by atoms with Crippen molar-refractivity contribution in [1.82, 2.24) is 15.6 Å². The van der Waals surface area contributed by atoms with Crippen LogP contribution in [0.15, 0.2) is 42.7 Å². The summed E-state index contributed by atoms with van der Waals surface area (Å²) in [6.07, 6.45) is 3.54. The van der Waals surface area contributed by atoms with Gasteiger partial charge in [0.05, 0.1) is 24.8 Å². The molecule has 1 heterocycles. The van der Waals surface area contributed by atoms with Gasteiger partial charge >= 0.3 is 0 Å². The third-order valence-corrected chi connectivity index (χ3v) is 3.69. The number of carbonyl (C=O) groups is 2. The van der Waals surface area contributed by atoms with Crippen LogP contribution < -0.4 is 15.4 Å². The van der Waals surface area contributed by atoms with Gasteiger partial charge in [0.15, 0.2) is 0 Å². The summed E-state index contributed by atoms with van der Waals surface area (Å²) >= 11 is 0. The van der Waals surface area contributed by atoms with Crippen molar-refractivity contribution in [2.75, 3.05) is 33.9 Å². The molecule has 0 fully saturated rings. The van der Waals surface area contributed by atoms with Crippen LogP contribution in [0.2, 0.25) is 0 Å². The van der Waals surface area contributed by atoms with Crippen LogP contribution in [-0.2, 0) is 11.2 Å². The Bertz CT molecular complexity index is 749. The summed E-state index contributed by atoms with van der Waals surface area (Å²) in [5.41, 5.74) is 1.74. The van der Waals surface area contributed by atoms with Crippen LogP contribution in [0.3, 0.4) is 0 Å². The summed E-state index contributed by atoms with van der Waals surface area (Å²) in [5, 5.41) is 5.53. The largest absolute Gasteiger partial charge is 0.497 e. The molecule has 0 bridgehead atoms. The number of rotatable bonds is 9. The Hall–Kier alpha value is -2.93. The molecule has 2 rings (SSSR count). The highest BCUT2D eigenvalue weighted by Crippen LogP contribution is 2.12. The van der Waals surface area contributed by atoms with Gasteiger partial charge in [-0.15, -0.1) is 0 Å². The third-order valence-electron chi connectivity index (χ3n) is 3.69. The van der Waals surface area contributed by atoms with Crippen molar-refractivity contribution < 1.29 is 19.1 Å². The summed E-state index contributed by atoms with van der Waals surface area (Å²) in [5.74, 6) is 0.220. The highest BCUT2D eigenvalue weighted by Gasteiger charge is 2.11. The van der Waals surface area contributed by atoms with E-state index in [1.807, 2.05) is 24.3 Å². The third kappa shape index (κ3) is 5.86. The molecule has 2 amide bonds. The Labute approximate surface area is 152 Å². The zero-order chi connectivity index (χ0) is 18.8. The van der Waals surface area contributed by atoms with Crippen molar-refractivity contribution in [3.05, 3.63) is 59.4 Å². The summed E-state index contributed by atoms with van der Waals surface area (Å²) in [7, 11) is 3.18. The SMILES string of the molecule is COCCNC(=O)c1cncc(C(=O)NCCc2cccc(OC)c2)c1. The van der Waals surface area contributed by atoms with E-state index in [1.54, 1.807) is 14.2 Å². The van der Waals surface area contributed by atoms with E-state index in [2.05, 4.69) is 15.6 Å². The molecule has 0 unspecified atom stereocenters. The smallest absolute Gasteiger partial charge is 0.252 e. The minimum atomic E-state index is -0.291. The van der Waals surface area contributed by atoms with Gasteiger partial charge in [-0.3, -0.25) is 14.6 Å². The molecular formula is C19H23N3O4. The average molecular weight is 357 g/mol. The van der Waals surface area contributed by atoms with Gasteiger partial charge in [-0.2, -0.15) is 0 Å².